The first-order chi connectivity index (χ1) is 8.59. The number of rotatable bonds is 2. The van der Waals surface area contributed by atoms with E-state index in [1.807, 2.05) is 25.1 Å². The molecule has 2 unspecified atom stereocenters. The molecule has 1 amide bonds. The lowest BCUT2D eigenvalue weighted by Crippen LogP contribution is -2.48. The third-order valence-electron chi connectivity index (χ3n) is 3.61. The summed E-state index contributed by atoms with van der Waals surface area (Å²) in [7, 11) is 0. The van der Waals surface area contributed by atoms with Crippen LogP contribution in [0.4, 0.5) is 0 Å². The van der Waals surface area contributed by atoms with Crippen LogP contribution in [0.15, 0.2) is 18.2 Å². The molecule has 0 bridgehead atoms. The molecular formula is C14H20ClIN2O. The molecule has 5 heteroatoms. The van der Waals surface area contributed by atoms with Gasteiger partial charge in [0.2, 0.25) is 0 Å². The molecule has 0 saturated carbocycles. The molecule has 0 radical (unpaired) electrons. The fourth-order valence-corrected chi connectivity index (χ4v) is 2.83. The van der Waals surface area contributed by atoms with Crippen LogP contribution >= 0.6 is 35.0 Å². The molecule has 1 heterocycles. The summed E-state index contributed by atoms with van der Waals surface area (Å²) in [6.07, 6.45) is 1.01. The zero-order valence-electron chi connectivity index (χ0n) is 11.2. The Morgan fingerprint density at radius 3 is 2.89 bits per heavy atom. The minimum Gasteiger partial charge on any atom is -0.349 e. The maximum absolute atomic E-state index is 12.3. The van der Waals surface area contributed by atoms with Crippen molar-refractivity contribution in [2.45, 2.75) is 26.3 Å². The highest BCUT2D eigenvalue weighted by molar-refractivity contribution is 14.1. The summed E-state index contributed by atoms with van der Waals surface area (Å²) < 4.78 is 1.14. The number of hydrogen-bond donors (Lipinski definition) is 2. The first-order valence-electron chi connectivity index (χ1n) is 6.36. The van der Waals surface area contributed by atoms with Gasteiger partial charge in [-0.15, -0.1) is 12.4 Å². The van der Waals surface area contributed by atoms with E-state index in [9.17, 15) is 4.79 Å². The van der Waals surface area contributed by atoms with Gasteiger partial charge in [0.15, 0.2) is 0 Å². The van der Waals surface area contributed by atoms with Crippen LogP contribution in [-0.4, -0.2) is 25.0 Å². The van der Waals surface area contributed by atoms with E-state index in [4.69, 9.17) is 0 Å². The molecule has 19 heavy (non-hydrogen) atoms. The Labute approximate surface area is 134 Å². The van der Waals surface area contributed by atoms with Gasteiger partial charge < -0.3 is 10.6 Å². The molecular weight excluding hydrogens is 375 g/mol. The lowest BCUT2D eigenvalue weighted by molar-refractivity contribution is 0.0913. The predicted molar refractivity (Wildman–Crippen MR) is 89.0 cm³/mol. The molecule has 0 aromatic heterocycles. The molecule has 1 aromatic rings. The zero-order chi connectivity index (χ0) is 13.1. The average molecular weight is 395 g/mol. The van der Waals surface area contributed by atoms with E-state index < -0.39 is 0 Å². The maximum Gasteiger partial charge on any atom is 0.251 e. The van der Waals surface area contributed by atoms with E-state index in [2.05, 4.69) is 40.1 Å². The van der Waals surface area contributed by atoms with E-state index in [0.29, 0.717) is 5.92 Å². The third-order valence-corrected chi connectivity index (χ3v) is 4.78. The van der Waals surface area contributed by atoms with Crippen LogP contribution < -0.4 is 10.6 Å². The molecule has 106 valence electrons. The number of carbonyl (C=O) groups is 1. The van der Waals surface area contributed by atoms with Gasteiger partial charge in [-0.2, -0.15) is 0 Å². The number of halogens is 2. The average Bonchev–Trinajstić information content (AvgIpc) is 2.35. The van der Waals surface area contributed by atoms with Gasteiger partial charge in [0.05, 0.1) is 0 Å². The molecule has 3 nitrogen and oxygen atoms in total. The van der Waals surface area contributed by atoms with Crippen LogP contribution in [0.25, 0.3) is 0 Å². The molecule has 0 spiro atoms. The van der Waals surface area contributed by atoms with Crippen molar-refractivity contribution in [3.05, 3.63) is 32.9 Å². The molecule has 1 aromatic carbocycles. The second-order valence-corrected chi connectivity index (χ2v) is 6.12. The van der Waals surface area contributed by atoms with Crippen molar-refractivity contribution in [3.8, 4) is 0 Å². The second kappa shape index (κ2) is 7.45. The topological polar surface area (TPSA) is 41.1 Å². The largest absolute Gasteiger partial charge is 0.349 e. The molecule has 1 aliphatic rings. The first-order valence-corrected chi connectivity index (χ1v) is 7.44. The molecule has 1 fully saturated rings. The standard InChI is InChI=1S/C14H19IN2O.ClH/c1-9-8-16-7-6-13(9)17-14(18)11-4-3-5-12(15)10(11)2;/h3-5,9,13,16H,6-8H2,1-2H3,(H,17,18);1H. The fraction of sp³-hybridized carbons (Fsp3) is 0.500. The van der Waals surface area contributed by atoms with Crippen LogP contribution in [0.2, 0.25) is 0 Å². The number of benzene rings is 1. The van der Waals surface area contributed by atoms with E-state index in [1.165, 1.54) is 0 Å². The van der Waals surface area contributed by atoms with Crippen LogP contribution in [0, 0.1) is 16.4 Å². The van der Waals surface area contributed by atoms with Gasteiger partial charge in [-0.25, -0.2) is 0 Å². The SMILES string of the molecule is Cc1c(I)cccc1C(=O)NC1CCNCC1C.Cl. The van der Waals surface area contributed by atoms with Crippen LogP contribution in [0.1, 0.15) is 29.3 Å². The number of nitrogens with one attached hydrogen (secondary N) is 2. The third kappa shape index (κ3) is 4.07. The summed E-state index contributed by atoms with van der Waals surface area (Å²) in [6.45, 7) is 6.15. The smallest absolute Gasteiger partial charge is 0.251 e. The summed E-state index contributed by atoms with van der Waals surface area (Å²) in [4.78, 5) is 12.3. The highest BCUT2D eigenvalue weighted by Crippen LogP contribution is 2.17. The molecule has 2 atom stereocenters. The monoisotopic (exact) mass is 394 g/mol. The lowest BCUT2D eigenvalue weighted by atomic mass is 9.95. The number of carbonyl (C=O) groups excluding carboxylic acids is 1. The molecule has 0 aliphatic carbocycles. The minimum atomic E-state index is 0. The molecule has 2 rings (SSSR count). The summed E-state index contributed by atoms with van der Waals surface area (Å²) in [6, 6.07) is 6.16. The summed E-state index contributed by atoms with van der Waals surface area (Å²) >= 11 is 2.27. The van der Waals surface area contributed by atoms with Gasteiger partial charge in [0, 0.05) is 15.2 Å². The Kier molecular flexibility index (Phi) is 6.56. The van der Waals surface area contributed by atoms with Crippen LogP contribution in [-0.2, 0) is 0 Å². The lowest BCUT2D eigenvalue weighted by Gasteiger charge is -2.30. The van der Waals surface area contributed by atoms with Gasteiger partial charge >= 0.3 is 0 Å². The summed E-state index contributed by atoms with van der Waals surface area (Å²) in [5, 5.41) is 6.52. The molecule has 1 aliphatic heterocycles. The Morgan fingerprint density at radius 2 is 2.21 bits per heavy atom. The Morgan fingerprint density at radius 1 is 1.47 bits per heavy atom. The fourth-order valence-electron chi connectivity index (χ4n) is 2.33. The van der Waals surface area contributed by atoms with E-state index in [-0.39, 0.29) is 24.4 Å². The highest BCUT2D eigenvalue weighted by Gasteiger charge is 2.23. The maximum atomic E-state index is 12.3. The summed E-state index contributed by atoms with van der Waals surface area (Å²) in [5.74, 6) is 0.551. The van der Waals surface area contributed by atoms with Gasteiger partial charge in [0.1, 0.15) is 0 Å². The molecule has 1 saturated heterocycles. The summed E-state index contributed by atoms with van der Waals surface area (Å²) in [5.41, 5.74) is 1.87. The van der Waals surface area contributed by atoms with Crippen molar-refractivity contribution in [1.29, 1.82) is 0 Å². The number of amides is 1. The minimum absolute atomic E-state index is 0. The van der Waals surface area contributed by atoms with Crippen molar-refractivity contribution in [2.75, 3.05) is 13.1 Å². The van der Waals surface area contributed by atoms with Gasteiger partial charge in [-0.05, 0) is 72.6 Å². The van der Waals surface area contributed by atoms with E-state index >= 15 is 0 Å². The Bertz CT molecular complexity index is 453. The van der Waals surface area contributed by atoms with Crippen LogP contribution in [0.3, 0.4) is 0 Å². The van der Waals surface area contributed by atoms with Gasteiger partial charge in [-0.3, -0.25) is 4.79 Å². The normalized spacial score (nSPS) is 22.5. The number of piperidine rings is 1. The first kappa shape index (κ1) is 16.7. The van der Waals surface area contributed by atoms with Crippen LogP contribution in [0.5, 0.6) is 0 Å². The van der Waals surface area contributed by atoms with E-state index in [1.54, 1.807) is 0 Å². The molecule has 2 N–H and O–H groups in total. The Balaban J connectivity index is 0.00000180. The number of hydrogen-bond acceptors (Lipinski definition) is 2. The van der Waals surface area contributed by atoms with Gasteiger partial charge in [-0.1, -0.05) is 13.0 Å². The van der Waals surface area contributed by atoms with Crippen molar-refractivity contribution in [3.63, 3.8) is 0 Å². The zero-order valence-corrected chi connectivity index (χ0v) is 14.2. The van der Waals surface area contributed by atoms with Gasteiger partial charge in [0.25, 0.3) is 5.91 Å². The predicted octanol–water partition coefficient (Wildman–Crippen LogP) is 2.75. The highest BCUT2D eigenvalue weighted by atomic mass is 127. The van der Waals surface area contributed by atoms with Crippen molar-refractivity contribution >= 4 is 40.9 Å². The second-order valence-electron chi connectivity index (χ2n) is 4.96. The van der Waals surface area contributed by atoms with Crippen molar-refractivity contribution in [1.82, 2.24) is 10.6 Å². The quantitative estimate of drug-likeness (QED) is 0.757. The van der Waals surface area contributed by atoms with E-state index in [0.717, 1.165) is 34.2 Å². The van der Waals surface area contributed by atoms with Crippen molar-refractivity contribution < 1.29 is 4.79 Å². The van der Waals surface area contributed by atoms with Crippen molar-refractivity contribution in [2.24, 2.45) is 5.92 Å². The Hall–Kier alpha value is -0.330.